The number of anilines is 1. The van der Waals surface area contributed by atoms with Crippen molar-refractivity contribution in [3.63, 3.8) is 0 Å². The molecule has 7 heteroatoms. The maximum atomic E-state index is 12.3. The van der Waals surface area contributed by atoms with Crippen LogP contribution in [0.15, 0.2) is 29.6 Å². The molecule has 0 atom stereocenters. The summed E-state index contributed by atoms with van der Waals surface area (Å²) in [5, 5.41) is 4.69. The Labute approximate surface area is 163 Å². The molecule has 2 aromatic rings. The van der Waals surface area contributed by atoms with E-state index in [-0.39, 0.29) is 30.8 Å². The Morgan fingerprint density at radius 2 is 1.63 bits per heavy atom. The third-order valence-corrected chi connectivity index (χ3v) is 5.06. The van der Waals surface area contributed by atoms with Crippen molar-refractivity contribution in [1.29, 1.82) is 0 Å². The van der Waals surface area contributed by atoms with Gasteiger partial charge in [0, 0.05) is 19.8 Å². The first-order chi connectivity index (χ1) is 12.7. The fraction of sp³-hybridized carbons (Fsp3) is 0.350. The Kier molecular flexibility index (Phi) is 6.74. The number of carbonyl (C=O) groups excluding carboxylic acids is 3. The monoisotopic (exact) mass is 387 g/mol. The second kappa shape index (κ2) is 8.81. The van der Waals surface area contributed by atoms with Crippen molar-refractivity contribution in [2.75, 3.05) is 32.5 Å². The summed E-state index contributed by atoms with van der Waals surface area (Å²) >= 11 is 1.33. The van der Waals surface area contributed by atoms with Gasteiger partial charge < -0.3 is 15.1 Å². The molecular formula is C20H25N3O3S. The van der Waals surface area contributed by atoms with Gasteiger partial charge in [0.05, 0.1) is 18.0 Å². The Morgan fingerprint density at radius 3 is 2.19 bits per heavy atom. The minimum Gasteiger partial charge on any atom is -0.335 e. The SMILES string of the molecule is Cc1cc(C)c(NC(=O)CN(C)C(=O)CN(C)C(=O)c2cccs2)c(C)c1. The molecule has 1 aromatic heterocycles. The molecular weight excluding hydrogens is 362 g/mol. The summed E-state index contributed by atoms with van der Waals surface area (Å²) in [6, 6.07) is 7.52. The van der Waals surface area contributed by atoms with Crippen molar-refractivity contribution in [3.05, 3.63) is 51.2 Å². The lowest BCUT2D eigenvalue weighted by molar-refractivity contribution is -0.133. The van der Waals surface area contributed by atoms with Gasteiger partial charge in [0.25, 0.3) is 5.91 Å². The lowest BCUT2D eigenvalue weighted by atomic mass is 10.1. The van der Waals surface area contributed by atoms with Gasteiger partial charge in [-0.1, -0.05) is 23.8 Å². The van der Waals surface area contributed by atoms with E-state index in [9.17, 15) is 14.4 Å². The molecule has 2 rings (SSSR count). The van der Waals surface area contributed by atoms with E-state index in [1.165, 1.54) is 21.1 Å². The van der Waals surface area contributed by atoms with Crippen LogP contribution >= 0.6 is 11.3 Å². The van der Waals surface area contributed by atoms with Crippen molar-refractivity contribution in [1.82, 2.24) is 9.80 Å². The molecule has 0 radical (unpaired) electrons. The smallest absolute Gasteiger partial charge is 0.264 e. The predicted molar refractivity (Wildman–Crippen MR) is 108 cm³/mol. The largest absolute Gasteiger partial charge is 0.335 e. The normalized spacial score (nSPS) is 10.4. The van der Waals surface area contributed by atoms with Crippen molar-refractivity contribution in [2.45, 2.75) is 20.8 Å². The number of hydrogen-bond donors (Lipinski definition) is 1. The van der Waals surface area contributed by atoms with Gasteiger partial charge in [0.1, 0.15) is 0 Å². The van der Waals surface area contributed by atoms with Crippen LogP contribution in [0.1, 0.15) is 26.4 Å². The molecule has 0 fully saturated rings. The van der Waals surface area contributed by atoms with Gasteiger partial charge in [0.15, 0.2) is 0 Å². The van der Waals surface area contributed by atoms with Crippen molar-refractivity contribution in [3.8, 4) is 0 Å². The second-order valence-corrected chi connectivity index (χ2v) is 7.66. The van der Waals surface area contributed by atoms with E-state index < -0.39 is 0 Å². The van der Waals surface area contributed by atoms with E-state index in [2.05, 4.69) is 5.32 Å². The number of thiophene rings is 1. The Bertz CT molecular complexity index is 823. The molecule has 6 nitrogen and oxygen atoms in total. The van der Waals surface area contributed by atoms with Gasteiger partial charge in [-0.3, -0.25) is 14.4 Å². The van der Waals surface area contributed by atoms with Crippen LogP contribution in [0.3, 0.4) is 0 Å². The zero-order valence-electron chi connectivity index (χ0n) is 16.3. The predicted octanol–water partition coefficient (Wildman–Crippen LogP) is 2.84. The Balaban J connectivity index is 1.92. The van der Waals surface area contributed by atoms with Crippen LogP contribution in [0.2, 0.25) is 0 Å². The molecule has 0 unspecified atom stereocenters. The average molecular weight is 388 g/mol. The molecule has 27 heavy (non-hydrogen) atoms. The molecule has 0 aliphatic rings. The Hall–Kier alpha value is -2.67. The summed E-state index contributed by atoms with van der Waals surface area (Å²) in [6.07, 6.45) is 0. The first kappa shape index (κ1) is 20.6. The van der Waals surface area contributed by atoms with Crippen LogP contribution in [-0.4, -0.2) is 54.7 Å². The number of nitrogens with zero attached hydrogens (tertiary/aromatic N) is 2. The lowest BCUT2D eigenvalue weighted by Crippen LogP contribution is -2.42. The maximum Gasteiger partial charge on any atom is 0.264 e. The van der Waals surface area contributed by atoms with Gasteiger partial charge in [-0.15, -0.1) is 11.3 Å². The van der Waals surface area contributed by atoms with Crippen LogP contribution in [0, 0.1) is 20.8 Å². The molecule has 1 N–H and O–H groups in total. The van der Waals surface area contributed by atoms with Crippen LogP contribution in [0.25, 0.3) is 0 Å². The van der Waals surface area contributed by atoms with Crippen LogP contribution in [-0.2, 0) is 9.59 Å². The lowest BCUT2D eigenvalue weighted by Gasteiger charge is -2.22. The fourth-order valence-corrected chi connectivity index (χ4v) is 3.56. The first-order valence-corrected chi connectivity index (χ1v) is 9.47. The molecule has 0 saturated carbocycles. The summed E-state index contributed by atoms with van der Waals surface area (Å²) in [5.74, 6) is -0.773. The highest BCUT2D eigenvalue weighted by atomic mass is 32.1. The molecule has 0 saturated heterocycles. The van der Waals surface area contributed by atoms with E-state index >= 15 is 0 Å². The van der Waals surface area contributed by atoms with Gasteiger partial charge in [-0.2, -0.15) is 0 Å². The molecule has 0 aliphatic carbocycles. The van der Waals surface area contributed by atoms with E-state index in [1.807, 2.05) is 38.3 Å². The van der Waals surface area contributed by atoms with Crippen molar-refractivity contribution in [2.24, 2.45) is 0 Å². The van der Waals surface area contributed by atoms with Gasteiger partial charge in [0.2, 0.25) is 11.8 Å². The number of amides is 3. The summed E-state index contributed by atoms with van der Waals surface area (Å²) in [5.41, 5.74) is 3.87. The first-order valence-electron chi connectivity index (χ1n) is 8.59. The number of hydrogen-bond acceptors (Lipinski definition) is 4. The number of aryl methyl sites for hydroxylation is 3. The van der Waals surface area contributed by atoms with Gasteiger partial charge in [-0.25, -0.2) is 0 Å². The quantitative estimate of drug-likeness (QED) is 0.829. The molecule has 144 valence electrons. The standard InChI is InChI=1S/C20H25N3O3S/c1-13-9-14(2)19(15(3)10-13)21-17(24)11-22(4)18(25)12-23(5)20(26)16-7-6-8-27-16/h6-10H,11-12H2,1-5H3,(H,21,24). The number of nitrogens with one attached hydrogen (secondary N) is 1. The highest BCUT2D eigenvalue weighted by molar-refractivity contribution is 7.12. The molecule has 3 amide bonds. The minimum absolute atomic E-state index is 0.0768. The fourth-order valence-electron chi connectivity index (χ4n) is 2.84. The van der Waals surface area contributed by atoms with Crippen LogP contribution in [0.4, 0.5) is 5.69 Å². The van der Waals surface area contributed by atoms with E-state index in [4.69, 9.17) is 0 Å². The highest BCUT2D eigenvalue weighted by Gasteiger charge is 2.20. The summed E-state index contributed by atoms with van der Waals surface area (Å²) in [7, 11) is 3.13. The number of benzene rings is 1. The molecule has 1 heterocycles. The van der Waals surface area contributed by atoms with Crippen LogP contribution < -0.4 is 5.32 Å². The summed E-state index contributed by atoms with van der Waals surface area (Å²) < 4.78 is 0. The zero-order valence-corrected chi connectivity index (χ0v) is 17.1. The summed E-state index contributed by atoms with van der Waals surface area (Å²) in [4.78, 5) is 40.2. The maximum absolute atomic E-state index is 12.3. The number of likely N-dealkylation sites (N-methyl/N-ethyl adjacent to an activating group) is 2. The topological polar surface area (TPSA) is 69.7 Å². The van der Waals surface area contributed by atoms with E-state index in [0.29, 0.717) is 4.88 Å². The van der Waals surface area contributed by atoms with Crippen molar-refractivity contribution < 1.29 is 14.4 Å². The van der Waals surface area contributed by atoms with E-state index in [1.54, 1.807) is 26.2 Å². The highest BCUT2D eigenvalue weighted by Crippen LogP contribution is 2.21. The van der Waals surface area contributed by atoms with Gasteiger partial charge in [-0.05, 0) is 43.3 Å². The van der Waals surface area contributed by atoms with Crippen LogP contribution in [0.5, 0.6) is 0 Å². The second-order valence-electron chi connectivity index (χ2n) is 6.71. The minimum atomic E-state index is -0.296. The average Bonchev–Trinajstić information content (AvgIpc) is 3.11. The Morgan fingerprint density at radius 1 is 1.00 bits per heavy atom. The number of carbonyl (C=O) groups is 3. The zero-order chi connectivity index (χ0) is 20.1. The molecule has 1 aromatic carbocycles. The van der Waals surface area contributed by atoms with Crippen molar-refractivity contribution >= 4 is 34.7 Å². The molecule has 0 aliphatic heterocycles. The third-order valence-electron chi connectivity index (χ3n) is 4.20. The van der Waals surface area contributed by atoms with E-state index in [0.717, 1.165) is 22.4 Å². The van der Waals surface area contributed by atoms with Gasteiger partial charge >= 0.3 is 0 Å². The number of rotatable bonds is 6. The molecule has 0 spiro atoms. The molecule has 0 bridgehead atoms. The third kappa shape index (κ3) is 5.40. The summed E-state index contributed by atoms with van der Waals surface area (Å²) in [6.45, 7) is 5.73.